The van der Waals surface area contributed by atoms with E-state index in [4.69, 9.17) is 9.72 Å². The van der Waals surface area contributed by atoms with E-state index in [0.29, 0.717) is 11.8 Å². The zero-order valence-electron chi connectivity index (χ0n) is 18.8. The third-order valence-electron chi connectivity index (χ3n) is 6.12. The van der Waals surface area contributed by atoms with Crippen LogP contribution in [0.2, 0.25) is 0 Å². The first-order valence-electron chi connectivity index (χ1n) is 10.7. The molecule has 0 radical (unpaired) electrons. The third kappa shape index (κ3) is 4.01. The van der Waals surface area contributed by atoms with Crippen LogP contribution < -0.4 is 5.56 Å². The minimum atomic E-state index is 0.00548. The molecule has 31 heavy (non-hydrogen) atoms. The Kier molecular flexibility index (Phi) is 6.42. The first-order valence-corrected chi connectivity index (χ1v) is 12.5. The average Bonchev–Trinajstić information content (AvgIpc) is 3.26. The Bertz CT molecular complexity index is 1210. The molecule has 0 bridgehead atoms. The number of fused-ring (bicyclic) bond motifs is 3. The summed E-state index contributed by atoms with van der Waals surface area (Å²) in [6.45, 7) is 6.67. The lowest BCUT2D eigenvalue weighted by Crippen LogP contribution is -2.21. The molecule has 4 rings (SSSR count). The molecule has 0 aliphatic heterocycles. The highest BCUT2D eigenvalue weighted by Gasteiger charge is 2.23. The molecule has 0 saturated heterocycles. The normalized spacial score (nSPS) is 14.7. The predicted molar refractivity (Wildman–Crippen MR) is 127 cm³/mol. The summed E-state index contributed by atoms with van der Waals surface area (Å²) in [4.78, 5) is 33.0. The van der Waals surface area contributed by atoms with Gasteiger partial charge in [-0.1, -0.05) is 11.8 Å². The van der Waals surface area contributed by atoms with Gasteiger partial charge in [0, 0.05) is 36.0 Å². The summed E-state index contributed by atoms with van der Waals surface area (Å²) in [6, 6.07) is 2.11. The fourth-order valence-electron chi connectivity index (χ4n) is 4.66. The van der Waals surface area contributed by atoms with Crippen molar-refractivity contribution in [2.45, 2.75) is 57.7 Å². The van der Waals surface area contributed by atoms with Gasteiger partial charge in [0.15, 0.2) is 10.9 Å². The predicted octanol–water partition coefficient (Wildman–Crippen LogP) is 4.47. The van der Waals surface area contributed by atoms with Crippen LogP contribution in [0.5, 0.6) is 0 Å². The molecule has 3 aromatic heterocycles. The molecule has 8 heteroatoms. The summed E-state index contributed by atoms with van der Waals surface area (Å²) >= 11 is 2.99. The van der Waals surface area contributed by atoms with Crippen molar-refractivity contribution in [2.75, 3.05) is 19.5 Å². The number of ether oxygens (including phenoxy) is 1. The monoisotopic (exact) mass is 459 g/mol. The molecule has 0 fully saturated rings. The van der Waals surface area contributed by atoms with E-state index in [1.54, 1.807) is 30.1 Å². The number of ketones is 1. The van der Waals surface area contributed by atoms with E-state index in [0.717, 1.165) is 46.4 Å². The van der Waals surface area contributed by atoms with Crippen molar-refractivity contribution in [1.29, 1.82) is 0 Å². The number of thiophene rings is 1. The van der Waals surface area contributed by atoms with Gasteiger partial charge >= 0.3 is 0 Å². The first kappa shape index (κ1) is 22.3. The lowest BCUT2D eigenvalue weighted by molar-refractivity contribution is 0.102. The number of hydrogen-bond acceptors (Lipinski definition) is 6. The number of Topliss-reactive ketones (excluding diaryl/α,β-unsaturated/α-hetero) is 1. The lowest BCUT2D eigenvalue weighted by atomic mass is 9.97. The first-order chi connectivity index (χ1) is 14.8. The zero-order chi connectivity index (χ0) is 22.3. The minimum Gasteiger partial charge on any atom is -0.383 e. The van der Waals surface area contributed by atoms with Crippen molar-refractivity contribution >= 4 is 39.1 Å². The highest BCUT2D eigenvalue weighted by atomic mass is 32.2. The highest BCUT2D eigenvalue weighted by Crippen LogP contribution is 2.34. The summed E-state index contributed by atoms with van der Waals surface area (Å²) in [5.74, 6) is 0.300. The second-order valence-corrected chi connectivity index (χ2v) is 10.3. The quantitative estimate of drug-likeness (QED) is 0.296. The molecule has 0 amide bonds. The van der Waals surface area contributed by atoms with Crippen LogP contribution in [-0.4, -0.2) is 39.4 Å². The highest BCUT2D eigenvalue weighted by molar-refractivity contribution is 7.99. The Hall–Kier alpha value is -1.90. The maximum absolute atomic E-state index is 13.1. The minimum absolute atomic E-state index is 0.00548. The van der Waals surface area contributed by atoms with Gasteiger partial charge in [0.05, 0.1) is 23.8 Å². The van der Waals surface area contributed by atoms with E-state index in [9.17, 15) is 9.59 Å². The Morgan fingerprint density at radius 1 is 1.32 bits per heavy atom. The topological polar surface area (TPSA) is 66.1 Å². The number of hydrogen-bond donors (Lipinski definition) is 0. The van der Waals surface area contributed by atoms with Crippen molar-refractivity contribution < 1.29 is 9.53 Å². The number of aryl methyl sites for hydroxylation is 3. The van der Waals surface area contributed by atoms with Gasteiger partial charge in [-0.15, -0.1) is 11.3 Å². The SMILES string of the molecule is COC[C@@H](C)n1c(C)cc(C(=O)CSc2nc3sc4c(c3c(=O)n2C)CCCC4)c1C. The van der Waals surface area contributed by atoms with Crippen LogP contribution in [0.3, 0.4) is 0 Å². The Morgan fingerprint density at radius 2 is 2.06 bits per heavy atom. The molecule has 3 aromatic rings. The van der Waals surface area contributed by atoms with Crippen molar-refractivity contribution in [1.82, 2.24) is 14.1 Å². The molecular formula is C23H29N3O3S2. The lowest BCUT2D eigenvalue weighted by Gasteiger charge is -2.17. The van der Waals surface area contributed by atoms with E-state index in [1.165, 1.54) is 28.6 Å². The molecular weight excluding hydrogens is 430 g/mol. The van der Waals surface area contributed by atoms with Crippen LogP contribution in [0.25, 0.3) is 10.2 Å². The van der Waals surface area contributed by atoms with E-state index in [1.807, 2.05) is 19.9 Å². The summed E-state index contributed by atoms with van der Waals surface area (Å²) in [7, 11) is 3.44. The van der Waals surface area contributed by atoms with Gasteiger partial charge in [0.1, 0.15) is 4.83 Å². The smallest absolute Gasteiger partial charge is 0.262 e. The van der Waals surface area contributed by atoms with Crippen molar-refractivity contribution in [3.05, 3.63) is 43.8 Å². The van der Waals surface area contributed by atoms with Crippen LogP contribution in [0.15, 0.2) is 16.0 Å². The van der Waals surface area contributed by atoms with Crippen molar-refractivity contribution in [3.63, 3.8) is 0 Å². The van der Waals surface area contributed by atoms with Gasteiger partial charge in [0.25, 0.3) is 5.56 Å². The number of methoxy groups -OCH3 is 1. The second kappa shape index (κ2) is 8.92. The molecule has 1 atom stereocenters. The number of carbonyl (C=O) groups excluding carboxylic acids is 1. The number of thioether (sulfide) groups is 1. The van der Waals surface area contributed by atoms with Gasteiger partial charge < -0.3 is 9.30 Å². The van der Waals surface area contributed by atoms with E-state index < -0.39 is 0 Å². The maximum Gasteiger partial charge on any atom is 0.262 e. The van der Waals surface area contributed by atoms with Gasteiger partial charge in [-0.3, -0.25) is 14.2 Å². The Labute approximate surface area is 190 Å². The molecule has 1 aliphatic rings. The summed E-state index contributed by atoms with van der Waals surface area (Å²) in [6.07, 6.45) is 4.32. The molecule has 0 N–H and O–H groups in total. The number of aromatic nitrogens is 3. The molecule has 6 nitrogen and oxygen atoms in total. The summed E-state index contributed by atoms with van der Waals surface area (Å²) in [5.41, 5.74) is 3.93. The molecule has 0 saturated carbocycles. The zero-order valence-corrected chi connectivity index (χ0v) is 20.4. The molecule has 1 aliphatic carbocycles. The molecule has 3 heterocycles. The van der Waals surface area contributed by atoms with Crippen LogP contribution >= 0.6 is 23.1 Å². The van der Waals surface area contributed by atoms with Crippen LogP contribution in [-0.2, 0) is 24.6 Å². The van der Waals surface area contributed by atoms with Gasteiger partial charge in [0.2, 0.25) is 0 Å². The average molecular weight is 460 g/mol. The van der Waals surface area contributed by atoms with E-state index in [-0.39, 0.29) is 23.1 Å². The van der Waals surface area contributed by atoms with E-state index in [2.05, 4.69) is 11.5 Å². The third-order valence-corrected chi connectivity index (χ3v) is 8.34. The van der Waals surface area contributed by atoms with E-state index >= 15 is 0 Å². The summed E-state index contributed by atoms with van der Waals surface area (Å²) < 4.78 is 9.04. The second-order valence-electron chi connectivity index (χ2n) is 8.32. The number of carbonyl (C=O) groups is 1. The summed E-state index contributed by atoms with van der Waals surface area (Å²) in [5, 5.41) is 1.39. The largest absolute Gasteiger partial charge is 0.383 e. The van der Waals surface area contributed by atoms with Gasteiger partial charge in [-0.05, 0) is 58.1 Å². The van der Waals surface area contributed by atoms with Crippen LogP contribution in [0.1, 0.15) is 58.0 Å². The van der Waals surface area contributed by atoms with Gasteiger partial charge in [-0.2, -0.15) is 0 Å². The van der Waals surface area contributed by atoms with Gasteiger partial charge in [-0.25, -0.2) is 4.98 Å². The van der Waals surface area contributed by atoms with Crippen LogP contribution in [0, 0.1) is 13.8 Å². The van der Waals surface area contributed by atoms with Crippen molar-refractivity contribution in [2.24, 2.45) is 7.05 Å². The standard InChI is InChI=1S/C23H29N3O3S2/c1-13-10-17(15(3)26(13)14(2)11-29-5)18(27)12-30-23-24-21-20(22(28)25(23)4)16-8-6-7-9-19(16)31-21/h10,14H,6-9,11-12H2,1-5H3/t14-/m1/s1. The van der Waals surface area contributed by atoms with Crippen LogP contribution in [0.4, 0.5) is 0 Å². The van der Waals surface area contributed by atoms with Crippen molar-refractivity contribution in [3.8, 4) is 0 Å². The molecule has 0 unspecified atom stereocenters. The number of rotatable bonds is 7. The number of nitrogens with zero attached hydrogens (tertiary/aromatic N) is 3. The fraction of sp³-hybridized carbons (Fsp3) is 0.522. The molecule has 166 valence electrons. The Balaban J connectivity index is 1.58. The Morgan fingerprint density at radius 3 is 2.81 bits per heavy atom. The molecule has 0 aromatic carbocycles. The molecule has 0 spiro atoms. The maximum atomic E-state index is 13.1. The fourth-order valence-corrected chi connectivity index (χ4v) is 6.82.